The fourth-order valence-electron chi connectivity index (χ4n) is 1.59. The zero-order chi connectivity index (χ0) is 14.7. The van der Waals surface area contributed by atoms with E-state index < -0.39 is 0 Å². The second-order valence-corrected chi connectivity index (χ2v) is 5.48. The molecule has 0 amide bonds. The van der Waals surface area contributed by atoms with E-state index in [-0.39, 0.29) is 0 Å². The van der Waals surface area contributed by atoms with Gasteiger partial charge in [0.25, 0.3) is 0 Å². The smallest absolute Gasteiger partial charge is 0.00756 e. The fraction of sp³-hybridized carbons (Fsp3) is 1.00. The first-order valence-corrected chi connectivity index (χ1v) is 7.35. The summed E-state index contributed by atoms with van der Waals surface area (Å²) in [5.74, 6) is 0. The van der Waals surface area contributed by atoms with Crippen LogP contribution < -0.4 is 0 Å². The predicted molar refractivity (Wildman–Crippen MR) is 84.4 cm³/mol. The Balaban J connectivity index is 0. The van der Waals surface area contributed by atoms with Crippen molar-refractivity contribution in [2.45, 2.75) is 53.1 Å². The number of rotatable bonds is 7. The van der Waals surface area contributed by atoms with Crippen molar-refractivity contribution in [1.82, 2.24) is 14.7 Å². The first-order valence-electron chi connectivity index (χ1n) is 7.35. The molecular formula is C15H37N3. The normalized spacial score (nSPS) is 14.7. The van der Waals surface area contributed by atoms with E-state index in [0.29, 0.717) is 12.1 Å². The first kappa shape index (κ1) is 20.2. The van der Waals surface area contributed by atoms with E-state index in [1.54, 1.807) is 0 Å². The van der Waals surface area contributed by atoms with E-state index in [4.69, 9.17) is 0 Å². The summed E-state index contributed by atoms with van der Waals surface area (Å²) in [5.41, 5.74) is 0. The minimum Gasteiger partial charge on any atom is -0.307 e. The summed E-state index contributed by atoms with van der Waals surface area (Å²) >= 11 is 0. The average Bonchev–Trinajstić information content (AvgIpc) is 2.31. The second-order valence-electron chi connectivity index (χ2n) is 5.48. The summed E-state index contributed by atoms with van der Waals surface area (Å²) in [6.45, 7) is 14.7. The lowest BCUT2D eigenvalue weighted by Crippen LogP contribution is -2.34. The van der Waals surface area contributed by atoms with Gasteiger partial charge in [-0.2, -0.15) is 0 Å². The molecule has 18 heavy (non-hydrogen) atoms. The van der Waals surface area contributed by atoms with Crippen LogP contribution in [0.25, 0.3) is 0 Å². The molecule has 3 nitrogen and oxygen atoms in total. The highest BCUT2D eigenvalue weighted by Gasteiger charge is 2.11. The maximum atomic E-state index is 2.38. The molecule has 0 saturated carbocycles. The van der Waals surface area contributed by atoms with E-state index in [0.717, 1.165) is 0 Å². The van der Waals surface area contributed by atoms with Crippen LogP contribution in [-0.4, -0.2) is 74.6 Å². The van der Waals surface area contributed by atoms with Crippen LogP contribution in [0.5, 0.6) is 0 Å². The van der Waals surface area contributed by atoms with E-state index in [1.165, 1.54) is 26.1 Å². The minimum atomic E-state index is 0.674. The van der Waals surface area contributed by atoms with Gasteiger partial charge in [0.1, 0.15) is 0 Å². The van der Waals surface area contributed by atoms with Crippen molar-refractivity contribution in [3.05, 3.63) is 0 Å². The molecule has 0 aliphatic heterocycles. The van der Waals surface area contributed by atoms with Crippen LogP contribution in [0.1, 0.15) is 41.0 Å². The lowest BCUT2D eigenvalue weighted by molar-refractivity contribution is 0.219. The van der Waals surface area contributed by atoms with Gasteiger partial charge in [-0.3, -0.25) is 0 Å². The summed E-state index contributed by atoms with van der Waals surface area (Å²) < 4.78 is 0. The number of nitrogens with zero attached hydrogens (tertiary/aromatic N) is 3. The Morgan fingerprint density at radius 1 is 0.667 bits per heavy atom. The van der Waals surface area contributed by atoms with Crippen molar-refractivity contribution in [2.24, 2.45) is 0 Å². The van der Waals surface area contributed by atoms with Crippen molar-refractivity contribution in [3.63, 3.8) is 0 Å². The van der Waals surface area contributed by atoms with Crippen molar-refractivity contribution in [2.75, 3.05) is 47.8 Å². The zero-order valence-electron chi connectivity index (χ0n) is 14.3. The topological polar surface area (TPSA) is 9.72 Å². The Bertz CT molecular complexity index is 148. The van der Waals surface area contributed by atoms with Crippen LogP contribution in [0.4, 0.5) is 0 Å². The monoisotopic (exact) mass is 259 g/mol. The van der Waals surface area contributed by atoms with Gasteiger partial charge >= 0.3 is 0 Å². The zero-order valence-corrected chi connectivity index (χ0v) is 14.3. The number of hydrogen-bond acceptors (Lipinski definition) is 3. The Labute approximate surface area is 116 Å². The van der Waals surface area contributed by atoms with Crippen LogP contribution in [0.3, 0.4) is 0 Å². The highest BCUT2D eigenvalue weighted by molar-refractivity contribution is 4.68. The van der Waals surface area contributed by atoms with Gasteiger partial charge in [0, 0.05) is 12.1 Å². The average molecular weight is 259 g/mol. The Morgan fingerprint density at radius 3 is 1.06 bits per heavy atom. The predicted octanol–water partition coefficient (Wildman–Crippen LogP) is 2.62. The summed E-state index contributed by atoms with van der Waals surface area (Å²) in [6, 6.07) is 1.35. The van der Waals surface area contributed by atoms with Crippen LogP contribution in [0, 0.1) is 0 Å². The third-order valence-corrected chi connectivity index (χ3v) is 3.79. The molecule has 0 aliphatic rings. The van der Waals surface area contributed by atoms with E-state index >= 15 is 0 Å². The molecule has 2 atom stereocenters. The highest BCUT2D eigenvalue weighted by Crippen LogP contribution is 2.05. The molecule has 0 bridgehead atoms. The van der Waals surface area contributed by atoms with E-state index in [9.17, 15) is 0 Å². The van der Waals surface area contributed by atoms with Crippen molar-refractivity contribution < 1.29 is 0 Å². The largest absolute Gasteiger partial charge is 0.307 e. The third kappa shape index (κ3) is 11.0. The van der Waals surface area contributed by atoms with Crippen molar-refractivity contribution >= 4 is 0 Å². The van der Waals surface area contributed by atoms with E-state index in [1.807, 2.05) is 0 Å². The molecule has 2 unspecified atom stereocenters. The quantitative estimate of drug-likeness (QED) is 0.696. The van der Waals surface area contributed by atoms with E-state index in [2.05, 4.69) is 77.5 Å². The van der Waals surface area contributed by atoms with Crippen LogP contribution in [0.15, 0.2) is 0 Å². The minimum absolute atomic E-state index is 0.674. The highest BCUT2D eigenvalue weighted by atomic mass is 15.1. The first-order chi connectivity index (χ1) is 8.29. The molecule has 0 radical (unpaired) electrons. The molecule has 0 rings (SSSR count). The lowest BCUT2D eigenvalue weighted by atomic mass is 10.1. The standard InChI is InChI=1S/C9H22N2.C6H15N/c1-8(10(3)4)7-9(2)11(5)6;1-4-7(5-2)6-3/h8-9H,7H2,1-6H3;4-6H2,1-3H3. The van der Waals surface area contributed by atoms with Gasteiger partial charge in [0.15, 0.2) is 0 Å². The third-order valence-electron chi connectivity index (χ3n) is 3.79. The molecule has 112 valence electrons. The summed E-state index contributed by atoms with van der Waals surface area (Å²) in [5, 5.41) is 0. The molecule has 0 aromatic heterocycles. The van der Waals surface area contributed by atoms with Gasteiger partial charge in [-0.25, -0.2) is 0 Å². The van der Waals surface area contributed by atoms with Gasteiger partial charge in [0.2, 0.25) is 0 Å². The van der Waals surface area contributed by atoms with Gasteiger partial charge < -0.3 is 14.7 Å². The van der Waals surface area contributed by atoms with Gasteiger partial charge in [-0.1, -0.05) is 20.8 Å². The van der Waals surface area contributed by atoms with Crippen LogP contribution in [0.2, 0.25) is 0 Å². The summed E-state index contributed by atoms with van der Waals surface area (Å²) in [4.78, 5) is 6.90. The molecule has 0 aromatic rings. The van der Waals surface area contributed by atoms with Crippen molar-refractivity contribution in [3.8, 4) is 0 Å². The molecule has 0 aliphatic carbocycles. The Kier molecular flexibility index (Phi) is 13.4. The SMILES string of the molecule is CC(CC(C)N(C)C)N(C)C.CCN(CC)CC. The van der Waals surface area contributed by atoms with Crippen LogP contribution in [-0.2, 0) is 0 Å². The summed E-state index contributed by atoms with van der Waals surface area (Å²) in [7, 11) is 8.53. The second kappa shape index (κ2) is 11.9. The Morgan fingerprint density at radius 2 is 0.944 bits per heavy atom. The number of hydrogen-bond donors (Lipinski definition) is 0. The molecule has 0 heterocycles. The molecule has 0 aromatic carbocycles. The maximum Gasteiger partial charge on any atom is 0.00756 e. The van der Waals surface area contributed by atoms with Gasteiger partial charge in [-0.15, -0.1) is 0 Å². The molecule has 0 spiro atoms. The van der Waals surface area contributed by atoms with Gasteiger partial charge in [0.05, 0.1) is 0 Å². The molecule has 0 N–H and O–H groups in total. The molecule has 3 heteroatoms. The molecular weight excluding hydrogens is 222 g/mol. The summed E-state index contributed by atoms with van der Waals surface area (Å²) in [6.07, 6.45) is 1.24. The molecule has 0 fully saturated rings. The molecule has 0 saturated heterocycles. The Hall–Kier alpha value is -0.120. The fourth-order valence-corrected chi connectivity index (χ4v) is 1.59. The van der Waals surface area contributed by atoms with Crippen molar-refractivity contribution in [1.29, 1.82) is 0 Å². The van der Waals surface area contributed by atoms with Crippen LogP contribution >= 0.6 is 0 Å². The lowest BCUT2D eigenvalue weighted by Gasteiger charge is -2.27. The maximum absolute atomic E-state index is 2.38. The van der Waals surface area contributed by atoms with Gasteiger partial charge in [-0.05, 0) is 68.1 Å².